The summed E-state index contributed by atoms with van der Waals surface area (Å²) in [5, 5.41) is 0. The molecule has 4 nitrogen and oxygen atoms in total. The summed E-state index contributed by atoms with van der Waals surface area (Å²) in [5.41, 5.74) is 14.9. The third kappa shape index (κ3) is 8.15. The van der Waals surface area contributed by atoms with E-state index >= 15 is 0 Å². The number of carbonyl (C=O) groups excluding carboxylic acids is 1. The fraction of sp³-hybridized carbons (Fsp3) is 0.652. The van der Waals surface area contributed by atoms with Crippen molar-refractivity contribution in [3.8, 4) is 0 Å². The Labute approximate surface area is 165 Å². The van der Waals surface area contributed by atoms with E-state index in [2.05, 4.69) is 51.8 Å². The van der Waals surface area contributed by atoms with Crippen molar-refractivity contribution in [1.82, 2.24) is 0 Å². The van der Waals surface area contributed by atoms with Gasteiger partial charge in [-0.05, 0) is 76.7 Å². The Morgan fingerprint density at radius 1 is 1.22 bits per heavy atom. The number of nitrogens with zero attached hydrogens (tertiary/aromatic N) is 1. The number of ketones is 1. The summed E-state index contributed by atoms with van der Waals surface area (Å²) in [6.45, 7) is 11.8. The van der Waals surface area contributed by atoms with Crippen LogP contribution in [0.4, 0.5) is 0 Å². The summed E-state index contributed by atoms with van der Waals surface area (Å²) in [6, 6.07) is 0. The second-order valence-corrected chi connectivity index (χ2v) is 8.40. The minimum Gasteiger partial charge on any atom is -0.370 e. The molecule has 0 aromatic rings. The van der Waals surface area contributed by atoms with Crippen LogP contribution < -0.4 is 11.5 Å². The highest BCUT2D eigenvalue weighted by Gasteiger charge is 2.36. The van der Waals surface area contributed by atoms with Gasteiger partial charge in [-0.3, -0.25) is 9.79 Å². The number of guanidine groups is 1. The molecular formula is C23H39N3O. The third-order valence-corrected chi connectivity index (χ3v) is 6.09. The van der Waals surface area contributed by atoms with Crippen LogP contribution in [0.1, 0.15) is 79.6 Å². The molecule has 1 rings (SSSR count). The van der Waals surface area contributed by atoms with E-state index < -0.39 is 0 Å². The number of aliphatic imine (C=N–C) groups is 1. The van der Waals surface area contributed by atoms with Crippen LogP contribution in [0.25, 0.3) is 0 Å². The zero-order valence-electron chi connectivity index (χ0n) is 18.0. The molecule has 2 atom stereocenters. The molecule has 0 aromatic heterocycles. The molecule has 0 saturated heterocycles. The highest BCUT2D eigenvalue weighted by atomic mass is 16.1. The second-order valence-electron chi connectivity index (χ2n) is 8.40. The predicted molar refractivity (Wildman–Crippen MR) is 117 cm³/mol. The van der Waals surface area contributed by atoms with Crippen molar-refractivity contribution in [2.24, 2.45) is 27.8 Å². The van der Waals surface area contributed by atoms with Gasteiger partial charge in [-0.25, -0.2) is 0 Å². The minimum atomic E-state index is 0.147. The molecule has 1 aliphatic rings. The Balaban J connectivity index is 2.39. The van der Waals surface area contributed by atoms with Crippen molar-refractivity contribution in [2.75, 3.05) is 6.54 Å². The standard InChI is InChI=1S/C23H39N3O/c1-17(9-6-7-14-26-22(24)25)10-8-11-18(2)12-13-23(5)19(3)15-21(27)16-20(23)4/h9,11,15,20H,6-8,10,12-14,16H2,1-5H3,(H4,24,25,26)/b17-9+,18-11+/t20-,23-/m1/s1. The number of carbonyl (C=O) groups is 1. The van der Waals surface area contributed by atoms with Crippen LogP contribution in [0, 0.1) is 11.3 Å². The van der Waals surface area contributed by atoms with Crippen LogP contribution in [0.15, 0.2) is 39.9 Å². The average Bonchev–Trinajstić information content (AvgIpc) is 2.57. The Morgan fingerprint density at radius 3 is 2.48 bits per heavy atom. The van der Waals surface area contributed by atoms with Crippen molar-refractivity contribution in [3.63, 3.8) is 0 Å². The van der Waals surface area contributed by atoms with Gasteiger partial charge in [0.2, 0.25) is 0 Å². The predicted octanol–water partition coefficient (Wildman–Crippen LogP) is 5.05. The van der Waals surface area contributed by atoms with Gasteiger partial charge >= 0.3 is 0 Å². The van der Waals surface area contributed by atoms with Gasteiger partial charge in [-0.2, -0.15) is 0 Å². The van der Waals surface area contributed by atoms with Gasteiger partial charge in [0, 0.05) is 13.0 Å². The first-order valence-corrected chi connectivity index (χ1v) is 10.2. The van der Waals surface area contributed by atoms with Gasteiger partial charge in [0.1, 0.15) is 0 Å². The molecule has 0 bridgehead atoms. The quantitative estimate of drug-likeness (QED) is 0.243. The second kappa shape index (κ2) is 11.1. The van der Waals surface area contributed by atoms with E-state index in [0.717, 1.165) is 38.5 Å². The minimum absolute atomic E-state index is 0.147. The zero-order valence-corrected chi connectivity index (χ0v) is 18.0. The monoisotopic (exact) mass is 373 g/mol. The van der Waals surface area contributed by atoms with E-state index in [-0.39, 0.29) is 17.2 Å². The number of allylic oxidation sites excluding steroid dienone is 6. The van der Waals surface area contributed by atoms with Gasteiger partial charge in [-0.1, -0.05) is 42.7 Å². The molecule has 0 radical (unpaired) electrons. The molecular weight excluding hydrogens is 334 g/mol. The SMILES string of the molecule is CC1=CC(=O)C[C@@H](C)[C@]1(C)CC/C(C)=C/CC/C(C)=C/CCCN=C(N)N. The molecule has 1 aliphatic carbocycles. The number of rotatable bonds is 10. The Bertz CT molecular complexity index is 624. The summed E-state index contributed by atoms with van der Waals surface area (Å²) < 4.78 is 0. The van der Waals surface area contributed by atoms with E-state index in [9.17, 15) is 4.79 Å². The number of nitrogens with two attached hydrogens (primary N) is 2. The Hall–Kier alpha value is -1.84. The summed E-state index contributed by atoms with van der Waals surface area (Å²) in [4.78, 5) is 15.7. The number of hydrogen-bond acceptors (Lipinski definition) is 2. The van der Waals surface area contributed by atoms with E-state index in [4.69, 9.17) is 11.5 Å². The molecule has 0 aromatic carbocycles. The number of hydrogen-bond donors (Lipinski definition) is 2. The van der Waals surface area contributed by atoms with Crippen molar-refractivity contribution in [3.05, 3.63) is 34.9 Å². The van der Waals surface area contributed by atoms with Gasteiger partial charge < -0.3 is 11.5 Å². The largest absolute Gasteiger partial charge is 0.370 e. The van der Waals surface area contributed by atoms with E-state index in [1.807, 2.05) is 6.08 Å². The summed E-state index contributed by atoms with van der Waals surface area (Å²) in [7, 11) is 0. The molecule has 0 saturated carbocycles. The maximum Gasteiger partial charge on any atom is 0.185 e. The first-order chi connectivity index (χ1) is 12.6. The summed E-state index contributed by atoms with van der Waals surface area (Å²) in [5.74, 6) is 0.877. The lowest BCUT2D eigenvalue weighted by Crippen LogP contribution is -2.32. The summed E-state index contributed by atoms with van der Waals surface area (Å²) in [6.07, 6.45) is 13.6. The Kier molecular flexibility index (Phi) is 9.54. The summed E-state index contributed by atoms with van der Waals surface area (Å²) >= 11 is 0. The van der Waals surface area contributed by atoms with Crippen LogP contribution in [-0.4, -0.2) is 18.3 Å². The van der Waals surface area contributed by atoms with E-state index in [1.54, 1.807) is 0 Å². The average molecular weight is 374 g/mol. The van der Waals surface area contributed by atoms with Crippen LogP contribution in [0.2, 0.25) is 0 Å². The van der Waals surface area contributed by atoms with Crippen molar-refractivity contribution in [2.45, 2.75) is 79.6 Å². The molecule has 27 heavy (non-hydrogen) atoms. The lowest BCUT2D eigenvalue weighted by atomic mass is 9.64. The van der Waals surface area contributed by atoms with Gasteiger partial charge in [0.15, 0.2) is 11.7 Å². The zero-order chi connectivity index (χ0) is 20.4. The first kappa shape index (κ1) is 23.2. The third-order valence-electron chi connectivity index (χ3n) is 6.09. The van der Waals surface area contributed by atoms with Crippen molar-refractivity contribution < 1.29 is 4.79 Å². The molecule has 4 heteroatoms. The lowest BCUT2D eigenvalue weighted by Gasteiger charge is -2.39. The molecule has 0 heterocycles. The van der Waals surface area contributed by atoms with Crippen LogP contribution in [0.3, 0.4) is 0 Å². The fourth-order valence-corrected chi connectivity index (χ4v) is 3.68. The lowest BCUT2D eigenvalue weighted by molar-refractivity contribution is -0.117. The highest BCUT2D eigenvalue weighted by molar-refractivity contribution is 5.91. The molecule has 4 N–H and O–H groups in total. The topological polar surface area (TPSA) is 81.5 Å². The van der Waals surface area contributed by atoms with E-state index in [1.165, 1.54) is 16.7 Å². The van der Waals surface area contributed by atoms with Crippen LogP contribution in [-0.2, 0) is 4.79 Å². The highest BCUT2D eigenvalue weighted by Crippen LogP contribution is 2.44. The molecule has 0 aliphatic heterocycles. The van der Waals surface area contributed by atoms with E-state index in [0.29, 0.717) is 18.9 Å². The Morgan fingerprint density at radius 2 is 1.85 bits per heavy atom. The van der Waals surface area contributed by atoms with Crippen LogP contribution in [0.5, 0.6) is 0 Å². The van der Waals surface area contributed by atoms with Gasteiger partial charge in [-0.15, -0.1) is 0 Å². The first-order valence-electron chi connectivity index (χ1n) is 10.2. The van der Waals surface area contributed by atoms with Crippen molar-refractivity contribution in [1.29, 1.82) is 0 Å². The van der Waals surface area contributed by atoms with Gasteiger partial charge in [0.05, 0.1) is 0 Å². The normalized spacial score (nSPS) is 24.0. The maximum atomic E-state index is 11.7. The van der Waals surface area contributed by atoms with Crippen molar-refractivity contribution >= 4 is 11.7 Å². The number of unbranched alkanes of at least 4 members (excludes halogenated alkanes) is 1. The molecule has 0 spiro atoms. The molecule has 0 unspecified atom stereocenters. The smallest absolute Gasteiger partial charge is 0.185 e. The molecule has 0 amide bonds. The molecule has 0 fully saturated rings. The van der Waals surface area contributed by atoms with Crippen LogP contribution >= 0.6 is 0 Å². The molecule has 152 valence electrons. The maximum absolute atomic E-state index is 11.7. The fourth-order valence-electron chi connectivity index (χ4n) is 3.68. The van der Waals surface area contributed by atoms with Gasteiger partial charge in [0.25, 0.3) is 0 Å².